The van der Waals surface area contributed by atoms with Crippen molar-refractivity contribution in [3.05, 3.63) is 35.9 Å². The Morgan fingerprint density at radius 3 is 2.56 bits per heavy atom. The number of ether oxygens (including phenoxy) is 1. The summed E-state index contributed by atoms with van der Waals surface area (Å²) >= 11 is 0. The number of hydrogen-bond acceptors (Lipinski definition) is 4. The van der Waals surface area contributed by atoms with E-state index < -0.39 is 12.0 Å². The molecule has 0 aromatic heterocycles. The molecule has 0 saturated heterocycles. The molecule has 0 saturated carbocycles. The highest BCUT2D eigenvalue weighted by Crippen LogP contribution is 2.03. The van der Waals surface area contributed by atoms with Gasteiger partial charge in [-0.2, -0.15) is 0 Å². The molecule has 1 atom stereocenters. The number of esters is 1. The lowest BCUT2D eigenvalue weighted by Crippen LogP contribution is -2.25. The van der Waals surface area contributed by atoms with Gasteiger partial charge < -0.3 is 9.84 Å². The molecule has 0 amide bonds. The first kappa shape index (κ1) is 12.4. The number of nitrogens with zero attached hydrogens (tertiary/aromatic N) is 1. The summed E-state index contributed by atoms with van der Waals surface area (Å²) < 4.78 is 4.53. The molecule has 1 N–H and O–H groups in total. The van der Waals surface area contributed by atoms with Gasteiger partial charge in [0.25, 0.3) is 0 Å². The second-order valence-electron chi connectivity index (χ2n) is 3.30. The van der Waals surface area contributed by atoms with E-state index in [9.17, 15) is 4.79 Å². The molecule has 1 aromatic carbocycles. The molecule has 0 spiro atoms. The van der Waals surface area contributed by atoms with Crippen LogP contribution in [0.2, 0.25) is 0 Å². The lowest BCUT2D eigenvalue weighted by molar-refractivity contribution is -0.142. The number of benzene rings is 1. The summed E-state index contributed by atoms with van der Waals surface area (Å²) in [6.45, 7) is 1.44. The predicted molar refractivity (Wildman–Crippen MR) is 61.5 cm³/mol. The van der Waals surface area contributed by atoms with Gasteiger partial charge in [-0.25, -0.2) is 4.79 Å². The number of hydrogen-bond donors (Lipinski definition) is 1. The van der Waals surface area contributed by atoms with Crippen LogP contribution in [0.5, 0.6) is 0 Å². The van der Waals surface area contributed by atoms with E-state index in [1.807, 2.05) is 30.3 Å². The third-order valence-electron chi connectivity index (χ3n) is 2.19. The molecule has 4 heteroatoms. The smallest absolute Gasteiger partial charge is 0.333 e. The first-order valence-electron chi connectivity index (χ1n) is 4.97. The zero-order valence-corrected chi connectivity index (χ0v) is 9.38. The maximum Gasteiger partial charge on any atom is 0.333 e. The van der Waals surface area contributed by atoms with E-state index in [1.54, 1.807) is 6.92 Å². The fourth-order valence-electron chi connectivity index (χ4n) is 1.29. The van der Waals surface area contributed by atoms with E-state index in [0.29, 0.717) is 5.71 Å². The summed E-state index contributed by atoms with van der Waals surface area (Å²) in [6.07, 6.45) is 0. The Balaban J connectivity index is 2.86. The highest BCUT2D eigenvalue weighted by atomic mass is 16.5. The summed E-state index contributed by atoms with van der Waals surface area (Å²) in [5.41, 5.74) is 1.62. The topological polar surface area (TPSA) is 58.9 Å². The predicted octanol–water partition coefficient (Wildman–Crippen LogP) is 1.03. The molecular weight excluding hydrogens is 206 g/mol. The maximum absolute atomic E-state index is 11.2. The van der Waals surface area contributed by atoms with E-state index in [0.717, 1.165) is 5.56 Å². The van der Waals surface area contributed by atoms with Gasteiger partial charge in [0.15, 0.2) is 6.04 Å². The monoisotopic (exact) mass is 221 g/mol. The molecule has 1 rings (SSSR count). The zero-order chi connectivity index (χ0) is 12.0. The number of aliphatic imine (C=N–C) groups is 1. The normalized spacial score (nSPS) is 13.3. The first-order valence-corrected chi connectivity index (χ1v) is 4.97. The molecule has 0 fully saturated rings. The van der Waals surface area contributed by atoms with Gasteiger partial charge in [0.2, 0.25) is 0 Å². The van der Waals surface area contributed by atoms with Crippen molar-refractivity contribution in [3.63, 3.8) is 0 Å². The quantitative estimate of drug-likeness (QED) is 0.610. The van der Waals surface area contributed by atoms with Gasteiger partial charge in [0.1, 0.15) is 0 Å². The molecule has 4 nitrogen and oxygen atoms in total. The van der Waals surface area contributed by atoms with E-state index in [4.69, 9.17) is 5.11 Å². The van der Waals surface area contributed by atoms with Crippen LogP contribution in [0.3, 0.4) is 0 Å². The fourth-order valence-corrected chi connectivity index (χ4v) is 1.29. The average Bonchev–Trinajstić information content (AvgIpc) is 2.35. The maximum atomic E-state index is 11.2. The zero-order valence-electron chi connectivity index (χ0n) is 9.38. The van der Waals surface area contributed by atoms with Crippen LogP contribution < -0.4 is 0 Å². The van der Waals surface area contributed by atoms with Crippen molar-refractivity contribution < 1.29 is 14.6 Å². The van der Waals surface area contributed by atoms with Gasteiger partial charge >= 0.3 is 5.97 Å². The van der Waals surface area contributed by atoms with Gasteiger partial charge in [-0.3, -0.25) is 4.99 Å². The van der Waals surface area contributed by atoms with Crippen molar-refractivity contribution >= 4 is 11.7 Å². The number of aliphatic hydroxyl groups is 1. The molecule has 0 aliphatic carbocycles. The van der Waals surface area contributed by atoms with Crippen molar-refractivity contribution in [1.29, 1.82) is 0 Å². The van der Waals surface area contributed by atoms with Crippen molar-refractivity contribution in [3.8, 4) is 0 Å². The van der Waals surface area contributed by atoms with Gasteiger partial charge in [0.05, 0.1) is 13.7 Å². The Bertz CT molecular complexity index is 373. The van der Waals surface area contributed by atoms with Crippen molar-refractivity contribution in [2.24, 2.45) is 4.99 Å². The highest BCUT2D eigenvalue weighted by Gasteiger charge is 2.16. The Hall–Kier alpha value is -1.68. The van der Waals surface area contributed by atoms with Crippen LogP contribution in [0.4, 0.5) is 0 Å². The van der Waals surface area contributed by atoms with Gasteiger partial charge in [-0.15, -0.1) is 0 Å². The van der Waals surface area contributed by atoms with Gasteiger partial charge in [-0.05, 0) is 12.5 Å². The third kappa shape index (κ3) is 3.17. The van der Waals surface area contributed by atoms with E-state index >= 15 is 0 Å². The molecule has 0 radical (unpaired) electrons. The van der Waals surface area contributed by atoms with E-state index in [1.165, 1.54) is 7.11 Å². The second kappa shape index (κ2) is 6.02. The summed E-state index contributed by atoms with van der Waals surface area (Å²) in [4.78, 5) is 15.3. The summed E-state index contributed by atoms with van der Waals surface area (Å²) in [5.74, 6) is -0.530. The molecule has 1 unspecified atom stereocenters. The number of carbonyl (C=O) groups excluding carboxylic acids is 1. The molecule has 86 valence electrons. The summed E-state index contributed by atoms with van der Waals surface area (Å²) in [5, 5.41) is 9.02. The Kier molecular flexibility index (Phi) is 4.66. The Morgan fingerprint density at radius 1 is 1.44 bits per heavy atom. The number of aliphatic hydroxyl groups excluding tert-OH is 1. The van der Waals surface area contributed by atoms with Crippen molar-refractivity contribution in [2.75, 3.05) is 13.7 Å². The molecule has 16 heavy (non-hydrogen) atoms. The van der Waals surface area contributed by atoms with Crippen LogP contribution in [0.15, 0.2) is 35.3 Å². The van der Waals surface area contributed by atoms with Crippen molar-refractivity contribution in [1.82, 2.24) is 0 Å². The number of rotatable bonds is 4. The molecule has 0 heterocycles. The van der Waals surface area contributed by atoms with E-state index in [-0.39, 0.29) is 6.61 Å². The molecule has 1 aromatic rings. The minimum absolute atomic E-state index is 0.350. The molecular formula is C12H15NO3. The number of methoxy groups -OCH3 is 1. The van der Waals surface area contributed by atoms with Crippen LogP contribution in [-0.2, 0) is 9.53 Å². The molecule has 0 bridgehead atoms. The Morgan fingerprint density at radius 2 is 2.06 bits per heavy atom. The summed E-state index contributed by atoms with van der Waals surface area (Å²) in [7, 11) is 1.28. The third-order valence-corrected chi connectivity index (χ3v) is 2.19. The average molecular weight is 221 g/mol. The lowest BCUT2D eigenvalue weighted by Gasteiger charge is -2.08. The fraction of sp³-hybridized carbons (Fsp3) is 0.333. The Labute approximate surface area is 94.6 Å². The molecule has 0 aliphatic rings. The second-order valence-corrected chi connectivity index (χ2v) is 3.30. The number of carbonyl (C=O) groups is 1. The standard InChI is InChI=1S/C12H15NO3/c1-9(10-6-4-3-5-7-10)13-11(8-14)12(15)16-2/h3-7,11,14H,8H2,1-2H3. The van der Waals surface area contributed by atoms with Crippen LogP contribution in [-0.4, -0.2) is 36.5 Å². The summed E-state index contributed by atoms with van der Waals surface area (Å²) in [6, 6.07) is 8.63. The van der Waals surface area contributed by atoms with Gasteiger partial charge in [0, 0.05) is 5.71 Å². The van der Waals surface area contributed by atoms with Crippen molar-refractivity contribution in [2.45, 2.75) is 13.0 Å². The SMILES string of the molecule is COC(=O)C(CO)N=C(C)c1ccccc1. The first-order chi connectivity index (χ1) is 7.69. The van der Waals surface area contributed by atoms with Crippen LogP contribution in [0, 0.1) is 0 Å². The minimum atomic E-state index is -0.842. The van der Waals surface area contributed by atoms with Gasteiger partial charge in [-0.1, -0.05) is 30.3 Å². The highest BCUT2D eigenvalue weighted by molar-refractivity contribution is 5.99. The molecule has 0 aliphatic heterocycles. The van der Waals surface area contributed by atoms with Crippen LogP contribution >= 0.6 is 0 Å². The van der Waals surface area contributed by atoms with Crippen LogP contribution in [0.1, 0.15) is 12.5 Å². The minimum Gasteiger partial charge on any atom is -0.467 e. The van der Waals surface area contributed by atoms with E-state index in [2.05, 4.69) is 9.73 Å². The lowest BCUT2D eigenvalue weighted by atomic mass is 10.1. The largest absolute Gasteiger partial charge is 0.467 e. The van der Waals surface area contributed by atoms with Crippen LogP contribution in [0.25, 0.3) is 0 Å².